The first kappa shape index (κ1) is 25.9. The molecule has 0 saturated heterocycles. The van der Waals surface area contributed by atoms with Crippen molar-refractivity contribution in [3.05, 3.63) is 88.0 Å². The monoisotopic (exact) mass is 529 g/mol. The lowest BCUT2D eigenvalue weighted by molar-refractivity contribution is -0.00848. The summed E-state index contributed by atoms with van der Waals surface area (Å²) in [6.07, 6.45) is 0. The first-order chi connectivity index (χ1) is 17.5. The van der Waals surface area contributed by atoms with Crippen LogP contribution in [0.4, 0.5) is 0 Å². The van der Waals surface area contributed by atoms with E-state index in [0.29, 0.717) is 52.4 Å². The van der Waals surface area contributed by atoms with Gasteiger partial charge >= 0.3 is 5.97 Å². The molecule has 0 atom stereocenters. The molecular weight excluding hydrogens is 505 g/mol. The number of methoxy groups -OCH3 is 2. The minimum atomic E-state index is -0.528. The van der Waals surface area contributed by atoms with Gasteiger partial charge < -0.3 is 28.3 Å². The molecule has 0 spiro atoms. The van der Waals surface area contributed by atoms with E-state index in [-0.39, 0.29) is 12.5 Å². The summed E-state index contributed by atoms with van der Waals surface area (Å²) in [5.74, 6) is 0.948. The smallest absolute Gasteiger partial charge is 0.358 e. The normalized spacial score (nSPS) is 11.0. The number of nitrogens with zero attached hydrogens (tertiary/aromatic N) is 1. The van der Waals surface area contributed by atoms with Crippen molar-refractivity contribution in [2.24, 2.45) is 0 Å². The zero-order valence-electron chi connectivity index (χ0n) is 19.8. The van der Waals surface area contributed by atoms with E-state index in [1.165, 1.54) is 7.11 Å². The summed E-state index contributed by atoms with van der Waals surface area (Å²) in [6.45, 7) is 1.44. The zero-order chi connectivity index (χ0) is 25.5. The second-order valence-electron chi connectivity index (χ2n) is 7.78. The van der Waals surface area contributed by atoms with Gasteiger partial charge in [0.05, 0.1) is 25.8 Å². The Morgan fingerprint density at radius 1 is 0.861 bits per heavy atom. The van der Waals surface area contributed by atoms with Crippen LogP contribution in [0.1, 0.15) is 16.1 Å². The summed E-state index contributed by atoms with van der Waals surface area (Å²) < 4.78 is 29.0. The fourth-order valence-electron chi connectivity index (χ4n) is 3.67. The fraction of sp³-hybridized carbons (Fsp3) is 0.222. The molecule has 0 N–H and O–H groups in total. The highest BCUT2D eigenvalue weighted by molar-refractivity contribution is 6.31. The van der Waals surface area contributed by atoms with Crippen molar-refractivity contribution >= 4 is 40.1 Å². The molecule has 0 radical (unpaired) electrons. The molecule has 0 aliphatic heterocycles. The summed E-state index contributed by atoms with van der Waals surface area (Å²) >= 11 is 12.4. The van der Waals surface area contributed by atoms with Crippen molar-refractivity contribution < 1.29 is 28.5 Å². The average molecular weight is 530 g/mol. The van der Waals surface area contributed by atoms with Crippen LogP contribution in [-0.4, -0.2) is 44.8 Å². The number of carbonyl (C=O) groups excluding carboxylic acids is 1. The predicted molar refractivity (Wildman–Crippen MR) is 139 cm³/mol. The number of ether oxygens (including phenoxy) is 5. The third-order valence-electron chi connectivity index (χ3n) is 5.40. The van der Waals surface area contributed by atoms with Crippen molar-refractivity contribution in [1.29, 1.82) is 0 Å². The quantitative estimate of drug-likeness (QED) is 0.124. The Bertz CT molecular complexity index is 1320. The molecule has 0 amide bonds. The van der Waals surface area contributed by atoms with Crippen LogP contribution in [0.2, 0.25) is 10.0 Å². The van der Waals surface area contributed by atoms with Gasteiger partial charge in [0, 0.05) is 29.1 Å². The van der Waals surface area contributed by atoms with E-state index in [1.807, 2.05) is 22.8 Å². The Morgan fingerprint density at radius 2 is 1.56 bits per heavy atom. The molecule has 7 nitrogen and oxygen atoms in total. The Kier molecular flexibility index (Phi) is 8.72. The molecule has 188 valence electrons. The molecule has 1 aromatic heterocycles. The number of halogens is 2. The van der Waals surface area contributed by atoms with Crippen LogP contribution in [0.3, 0.4) is 0 Å². The largest absolute Gasteiger partial charge is 0.468 e. The molecule has 9 heteroatoms. The van der Waals surface area contributed by atoms with E-state index >= 15 is 0 Å². The second-order valence-corrected chi connectivity index (χ2v) is 8.65. The fourth-order valence-corrected chi connectivity index (χ4v) is 3.97. The van der Waals surface area contributed by atoms with Crippen LogP contribution in [-0.2, 0) is 20.8 Å². The lowest BCUT2D eigenvalue weighted by atomic mass is 10.2. The number of fused-ring (bicyclic) bond motifs is 1. The topological polar surface area (TPSA) is 68.2 Å². The molecular formula is C27H25Cl2NO6. The van der Waals surface area contributed by atoms with Gasteiger partial charge in [-0.1, -0.05) is 35.3 Å². The Hall–Kier alpha value is -3.23. The van der Waals surface area contributed by atoms with E-state index < -0.39 is 5.97 Å². The van der Waals surface area contributed by atoms with Crippen LogP contribution in [0.15, 0.2) is 66.7 Å². The summed E-state index contributed by atoms with van der Waals surface area (Å²) in [4.78, 5) is 13.0. The number of hydrogen-bond acceptors (Lipinski definition) is 6. The van der Waals surface area contributed by atoms with Crippen molar-refractivity contribution in [3.8, 4) is 17.2 Å². The van der Waals surface area contributed by atoms with Gasteiger partial charge in [-0.25, -0.2) is 4.79 Å². The maximum Gasteiger partial charge on any atom is 0.358 e. The second kappa shape index (κ2) is 12.1. The Labute approximate surface area is 219 Å². The van der Waals surface area contributed by atoms with Crippen molar-refractivity contribution in [3.63, 3.8) is 0 Å². The number of hydrogen-bond donors (Lipinski definition) is 0. The highest BCUT2D eigenvalue weighted by Gasteiger charge is 2.26. The molecule has 0 bridgehead atoms. The minimum Gasteiger partial charge on any atom is -0.468 e. The maximum atomic E-state index is 13.0. The number of rotatable bonds is 11. The standard InChI is InChI=1S/C27H25Cl2NO6/c1-32-13-14-34-17-35-21-8-10-22(11-9-21)36-26-23-15-20(29)7-12-24(23)30(25(26)27(31)33-2)16-18-3-5-19(28)6-4-18/h3-12,15H,13-14,16-17H2,1-2H3. The third kappa shape index (κ3) is 6.12. The van der Waals surface area contributed by atoms with Crippen LogP contribution >= 0.6 is 23.2 Å². The molecule has 4 rings (SSSR count). The van der Waals surface area contributed by atoms with E-state index in [0.717, 1.165) is 11.1 Å². The zero-order valence-corrected chi connectivity index (χ0v) is 21.3. The van der Waals surface area contributed by atoms with Crippen LogP contribution in [0, 0.1) is 0 Å². The van der Waals surface area contributed by atoms with Gasteiger partial charge in [-0.3, -0.25) is 0 Å². The van der Waals surface area contributed by atoms with Gasteiger partial charge in [0.2, 0.25) is 0 Å². The highest BCUT2D eigenvalue weighted by Crippen LogP contribution is 2.39. The third-order valence-corrected chi connectivity index (χ3v) is 5.88. The number of carbonyl (C=O) groups is 1. The predicted octanol–water partition coefficient (Wildman–Crippen LogP) is 6.57. The van der Waals surface area contributed by atoms with Gasteiger partial charge in [0.25, 0.3) is 0 Å². The average Bonchev–Trinajstić information content (AvgIpc) is 3.17. The Morgan fingerprint density at radius 3 is 2.25 bits per heavy atom. The molecule has 4 aromatic rings. The van der Waals surface area contributed by atoms with Crippen LogP contribution < -0.4 is 9.47 Å². The van der Waals surface area contributed by atoms with Gasteiger partial charge in [-0.15, -0.1) is 0 Å². The molecule has 0 aliphatic rings. The van der Waals surface area contributed by atoms with E-state index in [4.69, 9.17) is 46.9 Å². The lowest BCUT2D eigenvalue weighted by Gasteiger charge is -2.12. The van der Waals surface area contributed by atoms with Gasteiger partial charge in [0.15, 0.2) is 18.2 Å². The summed E-state index contributed by atoms with van der Waals surface area (Å²) in [5.41, 5.74) is 2.01. The molecule has 0 saturated carbocycles. The van der Waals surface area contributed by atoms with Crippen molar-refractivity contribution in [1.82, 2.24) is 4.57 Å². The summed E-state index contributed by atoms with van der Waals surface area (Å²) in [5, 5.41) is 1.84. The molecule has 0 aliphatic carbocycles. The SMILES string of the molecule is COCCOCOc1ccc(Oc2c(C(=O)OC)n(Cc3ccc(Cl)cc3)c3ccc(Cl)cc23)cc1. The van der Waals surface area contributed by atoms with Crippen LogP contribution in [0.5, 0.6) is 17.2 Å². The van der Waals surface area contributed by atoms with Gasteiger partial charge in [0.1, 0.15) is 11.5 Å². The number of esters is 1. The maximum absolute atomic E-state index is 13.0. The number of benzene rings is 3. The molecule has 1 heterocycles. The molecule has 0 fully saturated rings. The summed E-state index contributed by atoms with van der Waals surface area (Å²) in [6, 6.07) is 19.8. The van der Waals surface area contributed by atoms with Gasteiger partial charge in [-0.05, 0) is 60.2 Å². The molecule has 36 heavy (non-hydrogen) atoms. The van der Waals surface area contributed by atoms with Gasteiger partial charge in [-0.2, -0.15) is 0 Å². The van der Waals surface area contributed by atoms with E-state index in [9.17, 15) is 4.79 Å². The highest BCUT2D eigenvalue weighted by atomic mass is 35.5. The van der Waals surface area contributed by atoms with Crippen molar-refractivity contribution in [2.75, 3.05) is 34.2 Å². The van der Waals surface area contributed by atoms with E-state index in [2.05, 4.69) is 0 Å². The molecule has 3 aromatic carbocycles. The van der Waals surface area contributed by atoms with Crippen LogP contribution in [0.25, 0.3) is 10.9 Å². The van der Waals surface area contributed by atoms with E-state index in [1.54, 1.807) is 55.6 Å². The molecule has 0 unspecified atom stereocenters. The van der Waals surface area contributed by atoms with Crippen molar-refractivity contribution in [2.45, 2.75) is 6.54 Å². The Balaban J connectivity index is 1.67. The summed E-state index contributed by atoms with van der Waals surface area (Å²) in [7, 11) is 2.95. The minimum absolute atomic E-state index is 0.104. The number of aromatic nitrogens is 1. The first-order valence-corrected chi connectivity index (χ1v) is 11.9. The lowest BCUT2D eigenvalue weighted by Crippen LogP contribution is -2.12. The first-order valence-electron chi connectivity index (χ1n) is 11.1.